The summed E-state index contributed by atoms with van der Waals surface area (Å²) in [6, 6.07) is 18.4. The van der Waals surface area contributed by atoms with Crippen LogP contribution >= 0.6 is 0 Å². The number of nitrogens with one attached hydrogen (secondary N) is 1. The highest BCUT2D eigenvalue weighted by atomic mass is 19.2. The summed E-state index contributed by atoms with van der Waals surface area (Å²) in [7, 11) is 0. The fourth-order valence-corrected chi connectivity index (χ4v) is 4.19. The van der Waals surface area contributed by atoms with E-state index in [0.717, 1.165) is 40.2 Å². The Morgan fingerprint density at radius 3 is 2.53 bits per heavy atom. The molecular weight excluding hydrogens is 436 g/mol. The molecule has 0 radical (unpaired) electrons. The van der Waals surface area contributed by atoms with Crippen molar-refractivity contribution in [2.24, 2.45) is 0 Å². The predicted octanol–water partition coefficient (Wildman–Crippen LogP) is 5.00. The maximum absolute atomic E-state index is 13.6. The van der Waals surface area contributed by atoms with Gasteiger partial charge in [0.05, 0.1) is 23.5 Å². The lowest BCUT2D eigenvalue weighted by molar-refractivity contribution is -0.115. The average Bonchev–Trinajstić information content (AvgIpc) is 2.82. The number of carbonyl (C=O) groups is 1. The molecule has 5 nitrogen and oxygen atoms in total. The zero-order valence-corrected chi connectivity index (χ0v) is 18.2. The highest BCUT2D eigenvalue weighted by molar-refractivity contribution is 5.92. The molecule has 0 saturated carbocycles. The molecule has 0 fully saturated rings. The van der Waals surface area contributed by atoms with Crippen molar-refractivity contribution in [1.82, 2.24) is 9.97 Å². The van der Waals surface area contributed by atoms with E-state index in [4.69, 9.17) is 9.97 Å². The minimum absolute atomic E-state index is 0.122. The van der Waals surface area contributed by atoms with Crippen LogP contribution in [0.3, 0.4) is 0 Å². The van der Waals surface area contributed by atoms with Crippen molar-refractivity contribution in [3.63, 3.8) is 0 Å². The van der Waals surface area contributed by atoms with Crippen LogP contribution in [0.15, 0.2) is 66.7 Å². The standard InChI is InChI=1S/C27H21F2N3O2/c28-21-10-6-17(12-22(21)29)14-25(34)32-27-24(13-16-4-2-1-3-5-16)30-26-20-9-8-19(33)15-18(20)7-11-23(26)31-27/h1-6,8-10,12,15,33H,7,11,13-14H2,(H,31,32,34). The lowest BCUT2D eigenvalue weighted by Crippen LogP contribution is -2.20. The van der Waals surface area contributed by atoms with Gasteiger partial charge in [-0.05, 0) is 59.9 Å². The summed E-state index contributed by atoms with van der Waals surface area (Å²) < 4.78 is 26.8. The van der Waals surface area contributed by atoms with Crippen LogP contribution in [0.5, 0.6) is 5.75 Å². The van der Waals surface area contributed by atoms with E-state index in [2.05, 4.69) is 5.32 Å². The zero-order valence-electron chi connectivity index (χ0n) is 18.2. The summed E-state index contributed by atoms with van der Waals surface area (Å²) >= 11 is 0. The number of phenols is 1. The fraction of sp³-hybridized carbons (Fsp3) is 0.148. The Hall–Kier alpha value is -4.13. The van der Waals surface area contributed by atoms with Gasteiger partial charge in [-0.2, -0.15) is 0 Å². The van der Waals surface area contributed by atoms with Gasteiger partial charge < -0.3 is 10.4 Å². The lowest BCUT2D eigenvalue weighted by atomic mass is 9.91. The van der Waals surface area contributed by atoms with E-state index in [-0.39, 0.29) is 12.2 Å². The molecule has 0 unspecified atom stereocenters. The van der Waals surface area contributed by atoms with Gasteiger partial charge in [0.15, 0.2) is 17.5 Å². The number of rotatable bonds is 5. The minimum atomic E-state index is -0.992. The summed E-state index contributed by atoms with van der Waals surface area (Å²) in [5, 5.41) is 12.7. The molecule has 1 amide bonds. The predicted molar refractivity (Wildman–Crippen MR) is 124 cm³/mol. The Bertz CT molecular complexity index is 1390. The maximum Gasteiger partial charge on any atom is 0.229 e. The molecular formula is C27H21F2N3O2. The van der Waals surface area contributed by atoms with E-state index in [1.54, 1.807) is 12.1 Å². The van der Waals surface area contributed by atoms with Crippen molar-refractivity contribution in [2.45, 2.75) is 25.7 Å². The molecule has 1 aliphatic carbocycles. The number of hydrogen-bond donors (Lipinski definition) is 2. The molecule has 170 valence electrons. The van der Waals surface area contributed by atoms with Crippen LogP contribution in [-0.4, -0.2) is 21.0 Å². The maximum atomic E-state index is 13.6. The normalized spacial score (nSPS) is 12.1. The number of amides is 1. The summed E-state index contributed by atoms with van der Waals surface area (Å²) in [5.41, 5.74) is 5.40. The Kier molecular flexibility index (Phi) is 5.76. The van der Waals surface area contributed by atoms with Crippen molar-refractivity contribution in [1.29, 1.82) is 0 Å². The molecule has 7 heteroatoms. The summed E-state index contributed by atoms with van der Waals surface area (Å²) in [5.74, 6) is -1.77. The molecule has 0 spiro atoms. The Morgan fingerprint density at radius 1 is 0.912 bits per heavy atom. The van der Waals surface area contributed by atoms with Crippen LogP contribution in [0.2, 0.25) is 0 Å². The molecule has 0 atom stereocenters. The molecule has 0 saturated heterocycles. The van der Waals surface area contributed by atoms with Crippen molar-refractivity contribution in [2.75, 3.05) is 5.32 Å². The van der Waals surface area contributed by atoms with Gasteiger partial charge in [0.25, 0.3) is 0 Å². The van der Waals surface area contributed by atoms with Crippen LogP contribution in [0.1, 0.15) is 28.1 Å². The van der Waals surface area contributed by atoms with E-state index >= 15 is 0 Å². The van der Waals surface area contributed by atoms with Crippen molar-refractivity contribution in [3.05, 3.63) is 106 Å². The number of fused-ring (bicyclic) bond motifs is 3. The van der Waals surface area contributed by atoms with Crippen LogP contribution < -0.4 is 5.32 Å². The molecule has 2 N–H and O–H groups in total. The number of benzene rings is 3. The van der Waals surface area contributed by atoms with Gasteiger partial charge in [-0.15, -0.1) is 0 Å². The van der Waals surface area contributed by atoms with Gasteiger partial charge in [0, 0.05) is 12.0 Å². The Labute approximate surface area is 195 Å². The number of phenolic OH excluding ortho intramolecular Hbond substituents is 1. The zero-order chi connectivity index (χ0) is 23.7. The third-order valence-corrected chi connectivity index (χ3v) is 5.84. The van der Waals surface area contributed by atoms with E-state index in [9.17, 15) is 18.7 Å². The third-order valence-electron chi connectivity index (χ3n) is 5.84. The highest BCUT2D eigenvalue weighted by Crippen LogP contribution is 2.35. The number of halogens is 2. The van der Waals surface area contributed by atoms with Gasteiger partial charge in [-0.1, -0.05) is 36.4 Å². The first-order chi connectivity index (χ1) is 16.5. The molecule has 1 aromatic heterocycles. The Morgan fingerprint density at radius 2 is 1.74 bits per heavy atom. The summed E-state index contributed by atoms with van der Waals surface area (Å²) in [6.07, 6.45) is 1.65. The molecule has 0 bridgehead atoms. The first-order valence-corrected chi connectivity index (χ1v) is 11.0. The number of nitrogens with zero attached hydrogens (tertiary/aromatic N) is 2. The van der Waals surface area contributed by atoms with E-state index in [1.165, 1.54) is 6.07 Å². The summed E-state index contributed by atoms with van der Waals surface area (Å²) in [4.78, 5) is 22.4. The van der Waals surface area contributed by atoms with Gasteiger partial charge in [0.2, 0.25) is 5.91 Å². The largest absolute Gasteiger partial charge is 0.508 e. The number of aromatic hydroxyl groups is 1. The van der Waals surface area contributed by atoms with Crippen LogP contribution in [0.4, 0.5) is 14.6 Å². The van der Waals surface area contributed by atoms with E-state index in [0.29, 0.717) is 36.3 Å². The van der Waals surface area contributed by atoms with Gasteiger partial charge >= 0.3 is 0 Å². The number of aromatic nitrogens is 2. The quantitative estimate of drug-likeness (QED) is 0.442. The number of hydrogen-bond acceptors (Lipinski definition) is 4. The number of aryl methyl sites for hydroxylation is 2. The smallest absolute Gasteiger partial charge is 0.229 e. The van der Waals surface area contributed by atoms with Crippen molar-refractivity contribution >= 4 is 11.7 Å². The molecule has 4 aromatic rings. The second-order valence-corrected chi connectivity index (χ2v) is 8.29. The van der Waals surface area contributed by atoms with Crippen LogP contribution in [-0.2, 0) is 30.5 Å². The second kappa shape index (κ2) is 9.02. The van der Waals surface area contributed by atoms with Gasteiger partial charge in [-0.25, -0.2) is 18.7 Å². The van der Waals surface area contributed by atoms with Gasteiger partial charge in [-0.3, -0.25) is 4.79 Å². The van der Waals surface area contributed by atoms with Crippen LogP contribution in [0, 0.1) is 11.6 Å². The summed E-state index contributed by atoms with van der Waals surface area (Å²) in [6.45, 7) is 0. The monoisotopic (exact) mass is 457 g/mol. The SMILES string of the molecule is O=C(Cc1ccc(F)c(F)c1)Nc1nc2c(nc1Cc1ccccc1)-c1ccc(O)cc1CC2. The first kappa shape index (κ1) is 21.7. The van der Waals surface area contributed by atoms with E-state index < -0.39 is 17.5 Å². The van der Waals surface area contributed by atoms with Crippen LogP contribution in [0.25, 0.3) is 11.3 Å². The molecule has 3 aromatic carbocycles. The highest BCUT2D eigenvalue weighted by Gasteiger charge is 2.23. The van der Waals surface area contributed by atoms with Crippen molar-refractivity contribution in [3.8, 4) is 17.0 Å². The Balaban J connectivity index is 1.49. The number of anilines is 1. The number of carbonyl (C=O) groups excluding carboxylic acids is 1. The molecule has 1 aliphatic rings. The lowest BCUT2D eigenvalue weighted by Gasteiger charge is -2.21. The second-order valence-electron chi connectivity index (χ2n) is 8.29. The molecule has 5 rings (SSSR count). The molecule has 34 heavy (non-hydrogen) atoms. The van der Waals surface area contributed by atoms with Crippen molar-refractivity contribution < 1.29 is 18.7 Å². The average molecular weight is 457 g/mol. The molecule has 0 aliphatic heterocycles. The topological polar surface area (TPSA) is 75.1 Å². The third kappa shape index (κ3) is 4.50. The van der Waals surface area contributed by atoms with Gasteiger partial charge in [0.1, 0.15) is 5.75 Å². The first-order valence-electron chi connectivity index (χ1n) is 11.0. The van der Waals surface area contributed by atoms with E-state index in [1.807, 2.05) is 36.4 Å². The minimum Gasteiger partial charge on any atom is -0.508 e. The molecule has 1 heterocycles. The fourth-order valence-electron chi connectivity index (χ4n) is 4.19.